The van der Waals surface area contributed by atoms with Crippen molar-refractivity contribution in [3.05, 3.63) is 58.3 Å². The molecule has 0 fully saturated rings. The van der Waals surface area contributed by atoms with Gasteiger partial charge in [0.15, 0.2) is 17.5 Å². The smallest absolute Gasteiger partial charge is 0.196 e. The van der Waals surface area contributed by atoms with Crippen molar-refractivity contribution in [3.8, 4) is 5.75 Å². The molecule has 0 atom stereocenters. The summed E-state index contributed by atoms with van der Waals surface area (Å²) in [6.45, 7) is 0.526. The van der Waals surface area contributed by atoms with Crippen LogP contribution in [0.5, 0.6) is 5.75 Å². The summed E-state index contributed by atoms with van der Waals surface area (Å²) < 4.78 is 45.4. The van der Waals surface area contributed by atoms with E-state index in [2.05, 4.69) is 21.2 Å². The molecule has 0 unspecified atom stereocenters. The first-order valence-corrected chi connectivity index (χ1v) is 6.63. The molecule has 2 aromatic carbocycles. The van der Waals surface area contributed by atoms with Crippen LogP contribution < -0.4 is 10.1 Å². The van der Waals surface area contributed by atoms with Crippen molar-refractivity contribution in [2.24, 2.45) is 0 Å². The van der Waals surface area contributed by atoms with Gasteiger partial charge in [-0.25, -0.2) is 13.2 Å². The summed E-state index contributed by atoms with van der Waals surface area (Å²) >= 11 is 3.30. The van der Waals surface area contributed by atoms with Crippen LogP contribution in [0.1, 0.15) is 0 Å². The maximum absolute atomic E-state index is 13.3. The molecule has 0 aliphatic heterocycles. The van der Waals surface area contributed by atoms with Gasteiger partial charge in [0.05, 0.1) is 5.69 Å². The number of halogens is 4. The Labute approximate surface area is 122 Å². The van der Waals surface area contributed by atoms with Crippen LogP contribution in [0.25, 0.3) is 0 Å². The Morgan fingerprint density at radius 3 is 2.35 bits per heavy atom. The second-order valence-corrected chi connectivity index (χ2v) is 4.87. The van der Waals surface area contributed by atoms with Gasteiger partial charge in [0, 0.05) is 11.0 Å². The summed E-state index contributed by atoms with van der Waals surface area (Å²) in [6.07, 6.45) is 0. The maximum Gasteiger partial charge on any atom is 0.196 e. The lowest BCUT2D eigenvalue weighted by Crippen LogP contribution is -2.13. The predicted octanol–water partition coefficient (Wildman–Crippen LogP) is 4.36. The molecule has 0 aliphatic rings. The fourth-order valence-corrected chi connectivity index (χ4v) is 1.81. The normalized spacial score (nSPS) is 10.4. The van der Waals surface area contributed by atoms with Crippen molar-refractivity contribution < 1.29 is 17.9 Å². The summed E-state index contributed by atoms with van der Waals surface area (Å²) in [5, 5.41) is 2.65. The zero-order chi connectivity index (χ0) is 14.5. The number of anilines is 1. The molecule has 0 heterocycles. The Kier molecular flexibility index (Phi) is 4.89. The molecular formula is C14H11BrF3NO. The van der Waals surface area contributed by atoms with Crippen molar-refractivity contribution in [2.75, 3.05) is 18.5 Å². The van der Waals surface area contributed by atoms with Gasteiger partial charge < -0.3 is 10.1 Å². The number of hydrogen-bond donors (Lipinski definition) is 1. The Morgan fingerprint density at radius 2 is 1.65 bits per heavy atom. The van der Waals surface area contributed by atoms with E-state index >= 15 is 0 Å². The van der Waals surface area contributed by atoms with Crippen LogP contribution in [0.15, 0.2) is 40.9 Å². The van der Waals surface area contributed by atoms with Gasteiger partial charge in [0.2, 0.25) is 0 Å². The van der Waals surface area contributed by atoms with Crippen molar-refractivity contribution in [1.29, 1.82) is 0 Å². The first kappa shape index (κ1) is 14.7. The molecule has 0 saturated heterocycles. The molecule has 0 spiro atoms. The molecule has 6 heteroatoms. The van der Waals surface area contributed by atoms with E-state index in [0.717, 1.165) is 16.6 Å². The van der Waals surface area contributed by atoms with Crippen LogP contribution in [0.4, 0.5) is 18.9 Å². The molecule has 2 nitrogen and oxygen atoms in total. The minimum Gasteiger partial charge on any atom is -0.492 e. The fourth-order valence-electron chi connectivity index (χ4n) is 1.55. The van der Waals surface area contributed by atoms with E-state index in [1.165, 1.54) is 0 Å². The van der Waals surface area contributed by atoms with Crippen LogP contribution >= 0.6 is 15.9 Å². The van der Waals surface area contributed by atoms with E-state index < -0.39 is 17.5 Å². The number of rotatable bonds is 5. The standard InChI is InChI=1S/C14H11BrF3NO/c15-9-1-3-10(4-2-9)20-8-7-19-12-6-5-11(16)13(17)14(12)18/h1-6,19H,7-8H2. The van der Waals surface area contributed by atoms with E-state index in [-0.39, 0.29) is 18.8 Å². The highest BCUT2D eigenvalue weighted by atomic mass is 79.9. The zero-order valence-electron chi connectivity index (χ0n) is 10.3. The fraction of sp³-hybridized carbons (Fsp3) is 0.143. The molecule has 0 radical (unpaired) electrons. The van der Waals surface area contributed by atoms with Crippen LogP contribution in [-0.2, 0) is 0 Å². The number of nitrogens with one attached hydrogen (secondary N) is 1. The van der Waals surface area contributed by atoms with Gasteiger partial charge in [0.25, 0.3) is 0 Å². The molecule has 0 aromatic heterocycles. The van der Waals surface area contributed by atoms with Gasteiger partial charge in [-0.05, 0) is 36.4 Å². The third-order valence-corrected chi connectivity index (χ3v) is 3.06. The van der Waals surface area contributed by atoms with Gasteiger partial charge in [-0.1, -0.05) is 15.9 Å². The Morgan fingerprint density at radius 1 is 0.950 bits per heavy atom. The van der Waals surface area contributed by atoms with E-state index in [0.29, 0.717) is 5.75 Å². The first-order valence-electron chi connectivity index (χ1n) is 5.83. The Hall–Kier alpha value is -1.69. The molecule has 2 aromatic rings. The molecule has 2 rings (SSSR count). The third-order valence-electron chi connectivity index (χ3n) is 2.54. The van der Waals surface area contributed by atoms with Crippen LogP contribution in [0.2, 0.25) is 0 Å². The predicted molar refractivity (Wildman–Crippen MR) is 74.4 cm³/mol. The second-order valence-electron chi connectivity index (χ2n) is 3.95. The number of ether oxygens (including phenoxy) is 1. The van der Waals surface area contributed by atoms with Crippen LogP contribution in [0.3, 0.4) is 0 Å². The summed E-state index contributed by atoms with van der Waals surface area (Å²) in [5.41, 5.74) is -0.0942. The zero-order valence-corrected chi connectivity index (χ0v) is 11.9. The molecule has 0 saturated carbocycles. The molecule has 0 amide bonds. The average Bonchev–Trinajstić information content (AvgIpc) is 2.45. The van der Waals surface area contributed by atoms with Gasteiger partial charge in [0.1, 0.15) is 12.4 Å². The third kappa shape index (κ3) is 3.66. The van der Waals surface area contributed by atoms with Gasteiger partial charge in [-0.2, -0.15) is 0 Å². The SMILES string of the molecule is Fc1ccc(NCCOc2ccc(Br)cc2)c(F)c1F. The summed E-state index contributed by atoms with van der Waals surface area (Å²) in [5.74, 6) is -3.25. The minimum atomic E-state index is -1.48. The Balaban J connectivity index is 1.84. The van der Waals surface area contributed by atoms with Gasteiger partial charge >= 0.3 is 0 Å². The lowest BCUT2D eigenvalue weighted by Gasteiger charge is -2.10. The van der Waals surface area contributed by atoms with Crippen LogP contribution in [-0.4, -0.2) is 13.2 Å². The van der Waals surface area contributed by atoms with E-state index in [4.69, 9.17) is 4.74 Å². The van der Waals surface area contributed by atoms with E-state index in [9.17, 15) is 13.2 Å². The lowest BCUT2D eigenvalue weighted by molar-refractivity contribution is 0.332. The minimum absolute atomic E-state index is 0.0942. The average molecular weight is 346 g/mol. The topological polar surface area (TPSA) is 21.3 Å². The second kappa shape index (κ2) is 6.65. The number of hydrogen-bond acceptors (Lipinski definition) is 2. The van der Waals surface area contributed by atoms with Crippen molar-refractivity contribution in [3.63, 3.8) is 0 Å². The summed E-state index contributed by atoms with van der Waals surface area (Å²) in [6, 6.07) is 9.24. The molecule has 106 valence electrons. The number of benzene rings is 2. The monoisotopic (exact) mass is 345 g/mol. The molecule has 1 N–H and O–H groups in total. The van der Waals surface area contributed by atoms with Crippen molar-refractivity contribution >= 4 is 21.6 Å². The van der Waals surface area contributed by atoms with Crippen molar-refractivity contribution in [2.45, 2.75) is 0 Å². The lowest BCUT2D eigenvalue weighted by atomic mass is 10.3. The van der Waals surface area contributed by atoms with Gasteiger partial charge in [-0.3, -0.25) is 0 Å². The van der Waals surface area contributed by atoms with Gasteiger partial charge in [-0.15, -0.1) is 0 Å². The van der Waals surface area contributed by atoms with Crippen LogP contribution in [0, 0.1) is 17.5 Å². The van der Waals surface area contributed by atoms with Crippen molar-refractivity contribution in [1.82, 2.24) is 0 Å². The molecular weight excluding hydrogens is 335 g/mol. The highest BCUT2D eigenvalue weighted by Gasteiger charge is 2.12. The first-order chi connectivity index (χ1) is 9.58. The molecule has 0 aliphatic carbocycles. The Bertz CT molecular complexity index is 590. The highest BCUT2D eigenvalue weighted by molar-refractivity contribution is 9.10. The quantitative estimate of drug-likeness (QED) is 0.642. The summed E-state index contributed by atoms with van der Waals surface area (Å²) in [4.78, 5) is 0. The summed E-state index contributed by atoms with van der Waals surface area (Å²) in [7, 11) is 0. The maximum atomic E-state index is 13.3. The largest absolute Gasteiger partial charge is 0.492 e. The molecule has 20 heavy (non-hydrogen) atoms. The molecule has 0 bridgehead atoms. The van der Waals surface area contributed by atoms with E-state index in [1.54, 1.807) is 12.1 Å². The van der Waals surface area contributed by atoms with E-state index in [1.807, 2.05) is 12.1 Å². The highest BCUT2D eigenvalue weighted by Crippen LogP contribution is 2.19.